The lowest BCUT2D eigenvalue weighted by atomic mass is 10.1. The van der Waals surface area contributed by atoms with Crippen LogP contribution in [0.3, 0.4) is 0 Å². The highest BCUT2D eigenvalue weighted by Gasteiger charge is 2.12. The first-order chi connectivity index (χ1) is 11.3. The van der Waals surface area contributed by atoms with Gasteiger partial charge in [-0.25, -0.2) is 4.68 Å². The highest BCUT2D eigenvalue weighted by molar-refractivity contribution is 8.03. The van der Waals surface area contributed by atoms with Gasteiger partial charge in [0.25, 0.3) is 5.56 Å². The minimum Gasteiger partial charge on any atom is -0.310 e. The Morgan fingerprint density at radius 3 is 2.57 bits per heavy atom. The second-order valence-corrected chi connectivity index (χ2v) is 7.75. The third kappa shape index (κ3) is 4.86. The van der Waals surface area contributed by atoms with Gasteiger partial charge >= 0.3 is 0 Å². The van der Waals surface area contributed by atoms with Crippen molar-refractivity contribution in [3.05, 3.63) is 52.8 Å². The van der Waals surface area contributed by atoms with E-state index < -0.39 is 0 Å². The topological polar surface area (TPSA) is 46.9 Å². The van der Waals surface area contributed by atoms with Crippen molar-refractivity contribution >= 4 is 23.5 Å². The molecule has 0 atom stereocenters. The van der Waals surface area contributed by atoms with Crippen molar-refractivity contribution in [2.75, 3.05) is 29.6 Å². The molecule has 2 heterocycles. The summed E-state index contributed by atoms with van der Waals surface area (Å²) in [6.07, 6.45) is 0. The molecule has 0 unspecified atom stereocenters. The molecule has 1 saturated heterocycles. The van der Waals surface area contributed by atoms with Crippen LogP contribution in [0.15, 0.2) is 47.3 Å². The molecule has 1 aliphatic rings. The SMILES string of the molecule is O=c1ccc(-c2ccccc2)nn1CCNC1CSCCSC1. The van der Waals surface area contributed by atoms with Crippen molar-refractivity contribution in [3.8, 4) is 11.3 Å². The van der Waals surface area contributed by atoms with Gasteiger partial charge in [-0.05, 0) is 6.07 Å². The molecule has 1 fully saturated rings. The summed E-state index contributed by atoms with van der Waals surface area (Å²) in [7, 11) is 0. The number of aromatic nitrogens is 2. The highest BCUT2D eigenvalue weighted by Crippen LogP contribution is 2.16. The van der Waals surface area contributed by atoms with Gasteiger partial charge in [0.15, 0.2) is 0 Å². The van der Waals surface area contributed by atoms with Crippen LogP contribution in [0.2, 0.25) is 0 Å². The molecular formula is C17H21N3OS2. The number of rotatable bonds is 5. The number of nitrogens with one attached hydrogen (secondary N) is 1. The molecule has 1 N–H and O–H groups in total. The van der Waals surface area contributed by atoms with Crippen LogP contribution in [0.25, 0.3) is 11.3 Å². The van der Waals surface area contributed by atoms with E-state index in [-0.39, 0.29) is 5.56 Å². The lowest BCUT2D eigenvalue weighted by molar-refractivity contribution is 0.507. The number of hydrogen-bond donors (Lipinski definition) is 1. The molecule has 23 heavy (non-hydrogen) atoms. The molecule has 4 nitrogen and oxygen atoms in total. The Hall–Kier alpha value is -1.24. The third-order valence-corrected chi connectivity index (χ3v) is 6.22. The zero-order valence-electron chi connectivity index (χ0n) is 13.0. The zero-order valence-corrected chi connectivity index (χ0v) is 14.6. The smallest absolute Gasteiger partial charge is 0.266 e. The predicted molar refractivity (Wildman–Crippen MR) is 100 cm³/mol. The van der Waals surface area contributed by atoms with E-state index >= 15 is 0 Å². The first kappa shape index (κ1) is 16.6. The summed E-state index contributed by atoms with van der Waals surface area (Å²) in [5.74, 6) is 4.78. The van der Waals surface area contributed by atoms with E-state index in [1.807, 2.05) is 53.9 Å². The lowest BCUT2D eigenvalue weighted by Crippen LogP contribution is -2.37. The number of thioether (sulfide) groups is 2. The second kappa shape index (κ2) is 8.57. The second-order valence-electron chi connectivity index (χ2n) is 5.45. The Kier molecular flexibility index (Phi) is 6.19. The predicted octanol–water partition coefficient (Wildman–Crippen LogP) is 2.35. The monoisotopic (exact) mass is 347 g/mol. The van der Waals surface area contributed by atoms with Gasteiger partial charge in [0.1, 0.15) is 0 Å². The van der Waals surface area contributed by atoms with Crippen molar-refractivity contribution in [2.45, 2.75) is 12.6 Å². The van der Waals surface area contributed by atoms with Gasteiger partial charge < -0.3 is 5.32 Å². The Bertz CT molecular complexity index is 667. The fourth-order valence-corrected chi connectivity index (χ4v) is 4.95. The summed E-state index contributed by atoms with van der Waals surface area (Å²) in [6, 6.07) is 13.9. The first-order valence-corrected chi connectivity index (χ1v) is 10.2. The van der Waals surface area contributed by atoms with Gasteiger partial charge in [0, 0.05) is 47.2 Å². The normalized spacial score (nSPS) is 16.2. The average molecular weight is 348 g/mol. The van der Waals surface area contributed by atoms with Crippen LogP contribution in [0.1, 0.15) is 0 Å². The Morgan fingerprint density at radius 2 is 1.83 bits per heavy atom. The lowest BCUT2D eigenvalue weighted by Gasteiger charge is -2.15. The maximum Gasteiger partial charge on any atom is 0.266 e. The van der Waals surface area contributed by atoms with Crippen molar-refractivity contribution in [1.82, 2.24) is 15.1 Å². The summed E-state index contributed by atoms with van der Waals surface area (Å²) in [6.45, 7) is 1.38. The number of hydrogen-bond acceptors (Lipinski definition) is 5. The van der Waals surface area contributed by atoms with E-state index in [1.54, 1.807) is 16.8 Å². The van der Waals surface area contributed by atoms with E-state index in [4.69, 9.17) is 0 Å². The van der Waals surface area contributed by atoms with Crippen molar-refractivity contribution in [2.24, 2.45) is 0 Å². The zero-order chi connectivity index (χ0) is 15.9. The molecule has 0 spiro atoms. The molecule has 0 amide bonds. The number of nitrogens with zero attached hydrogens (tertiary/aromatic N) is 2. The molecule has 1 aromatic carbocycles. The molecule has 0 aliphatic carbocycles. The van der Waals surface area contributed by atoms with Gasteiger partial charge in [-0.15, -0.1) is 0 Å². The van der Waals surface area contributed by atoms with Gasteiger partial charge in [-0.1, -0.05) is 30.3 Å². The van der Waals surface area contributed by atoms with E-state index in [9.17, 15) is 4.79 Å². The standard InChI is InChI=1S/C17H21N3OS2/c21-17-7-6-16(14-4-2-1-3-5-14)19-20(17)9-8-18-15-12-22-10-11-23-13-15/h1-7,15,18H,8-13H2. The minimum atomic E-state index is -0.0453. The molecule has 0 radical (unpaired) electrons. The van der Waals surface area contributed by atoms with Gasteiger partial charge in [-0.3, -0.25) is 4.79 Å². The summed E-state index contributed by atoms with van der Waals surface area (Å²) in [4.78, 5) is 12.0. The summed E-state index contributed by atoms with van der Waals surface area (Å²) < 4.78 is 1.56. The van der Waals surface area contributed by atoms with Gasteiger partial charge in [0.2, 0.25) is 0 Å². The van der Waals surface area contributed by atoms with E-state index in [0.29, 0.717) is 12.6 Å². The summed E-state index contributed by atoms with van der Waals surface area (Å²) in [5.41, 5.74) is 1.83. The third-order valence-electron chi connectivity index (χ3n) is 3.70. The van der Waals surface area contributed by atoms with Crippen LogP contribution < -0.4 is 10.9 Å². The summed E-state index contributed by atoms with van der Waals surface area (Å²) >= 11 is 4.01. The highest BCUT2D eigenvalue weighted by atomic mass is 32.2. The van der Waals surface area contributed by atoms with Crippen molar-refractivity contribution in [3.63, 3.8) is 0 Å². The van der Waals surface area contributed by atoms with Crippen LogP contribution in [-0.2, 0) is 6.54 Å². The largest absolute Gasteiger partial charge is 0.310 e. The minimum absolute atomic E-state index is 0.0453. The van der Waals surface area contributed by atoms with Gasteiger partial charge in [0.05, 0.1) is 12.2 Å². The maximum absolute atomic E-state index is 12.0. The molecule has 2 aromatic rings. The number of benzene rings is 1. The van der Waals surface area contributed by atoms with Crippen LogP contribution in [0.4, 0.5) is 0 Å². The van der Waals surface area contributed by atoms with Crippen LogP contribution >= 0.6 is 23.5 Å². The van der Waals surface area contributed by atoms with E-state index in [2.05, 4.69) is 10.4 Å². The van der Waals surface area contributed by atoms with Crippen molar-refractivity contribution in [1.29, 1.82) is 0 Å². The maximum atomic E-state index is 12.0. The first-order valence-electron chi connectivity index (χ1n) is 7.85. The molecule has 6 heteroatoms. The fourth-order valence-electron chi connectivity index (χ4n) is 2.48. The average Bonchev–Trinajstić information content (AvgIpc) is 2.86. The Balaban J connectivity index is 1.62. The van der Waals surface area contributed by atoms with Crippen molar-refractivity contribution < 1.29 is 0 Å². The van der Waals surface area contributed by atoms with Crippen LogP contribution in [0.5, 0.6) is 0 Å². The molecule has 0 saturated carbocycles. The van der Waals surface area contributed by atoms with E-state index in [0.717, 1.165) is 29.3 Å². The summed E-state index contributed by atoms with van der Waals surface area (Å²) in [5, 5.41) is 8.05. The van der Waals surface area contributed by atoms with Crippen LogP contribution in [0, 0.1) is 0 Å². The van der Waals surface area contributed by atoms with Crippen LogP contribution in [-0.4, -0.2) is 45.4 Å². The molecular weight excluding hydrogens is 326 g/mol. The molecule has 0 bridgehead atoms. The quantitative estimate of drug-likeness (QED) is 0.900. The molecule has 122 valence electrons. The van der Waals surface area contributed by atoms with E-state index in [1.165, 1.54) is 11.5 Å². The molecule has 3 rings (SSSR count). The molecule has 1 aliphatic heterocycles. The van der Waals surface area contributed by atoms with Gasteiger partial charge in [-0.2, -0.15) is 28.6 Å². The Labute approximate surface area is 145 Å². The Morgan fingerprint density at radius 1 is 1.09 bits per heavy atom. The molecule has 1 aromatic heterocycles. The fraction of sp³-hybridized carbons (Fsp3) is 0.412.